The quantitative estimate of drug-likeness (QED) is 0.0209. The highest BCUT2D eigenvalue weighted by Gasteiger charge is 2.47. The first-order valence-corrected chi connectivity index (χ1v) is 28.6. The zero-order valence-electron chi connectivity index (χ0n) is 45.4. The number of hydrogen-bond acceptors (Lipinski definition) is 25. The SMILES string of the molecule is COc1cccc2c1C(=O)c1cc3c(cc1C2=O)C[C@@](O)(C(=O)CO)C[C@@H]3O[C@H]1C[C@@H](NC(=O)OCCSSCCOC(=O)CC[C@@H](NC(=O)c2ccc(N(C)Cc3cnc4nc(N)nc(N)c4n3)cc2)C(=O)OC(C)C)[C@H](O)[C@H](C)O1. The zero-order chi connectivity index (χ0) is 59.0. The summed E-state index contributed by atoms with van der Waals surface area (Å²) in [6.45, 7) is 4.28. The highest BCUT2D eigenvalue weighted by atomic mass is 33.1. The van der Waals surface area contributed by atoms with Gasteiger partial charge in [0.25, 0.3) is 5.91 Å². The molecule has 0 saturated carbocycles. The van der Waals surface area contributed by atoms with Crippen LogP contribution in [0.3, 0.4) is 0 Å². The number of fused-ring (bicyclic) bond motifs is 4. The van der Waals surface area contributed by atoms with Crippen molar-refractivity contribution in [3.05, 3.63) is 105 Å². The van der Waals surface area contributed by atoms with Gasteiger partial charge < -0.3 is 70.7 Å². The van der Waals surface area contributed by atoms with E-state index in [0.717, 1.165) is 5.69 Å². The van der Waals surface area contributed by atoms with E-state index < -0.39 is 96.3 Å². The predicted octanol–water partition coefficient (Wildman–Crippen LogP) is 3.35. The molecule has 2 amide bonds. The number of carbonyl (C=O) groups excluding carboxylic acids is 7. The van der Waals surface area contributed by atoms with E-state index in [2.05, 4.69) is 30.6 Å². The van der Waals surface area contributed by atoms with Gasteiger partial charge in [0.1, 0.15) is 43.3 Å². The molecule has 5 aromatic rings. The maximum absolute atomic E-state index is 13.9. The molecule has 82 heavy (non-hydrogen) atoms. The molecule has 9 N–H and O–H groups in total. The van der Waals surface area contributed by atoms with Crippen LogP contribution >= 0.6 is 21.6 Å². The Morgan fingerprint density at radius 2 is 1.67 bits per heavy atom. The van der Waals surface area contributed by atoms with Gasteiger partial charge in [-0.1, -0.05) is 33.7 Å². The molecule has 1 aliphatic heterocycles. The van der Waals surface area contributed by atoms with E-state index in [1.807, 2.05) is 11.9 Å². The van der Waals surface area contributed by atoms with Gasteiger partial charge in [0.15, 0.2) is 40.6 Å². The number of nitrogens with one attached hydrogen (secondary N) is 2. The van der Waals surface area contributed by atoms with Crippen LogP contribution in [-0.4, -0.2) is 164 Å². The highest BCUT2D eigenvalue weighted by Crippen LogP contribution is 2.44. The van der Waals surface area contributed by atoms with Crippen LogP contribution in [0, 0.1) is 0 Å². The Hall–Kier alpha value is -7.53. The fourth-order valence-electron chi connectivity index (χ4n) is 9.71. The summed E-state index contributed by atoms with van der Waals surface area (Å²) in [4.78, 5) is 111. The standard InChI is InChI=1S/C55H63N9O16S2/c1-27(2)78-52(72)37(60-51(71)29-9-11-32(12-10-29)64(4)25-31-24-58-50-45(59-31)49(56)62-53(57)63-50)13-14-42(67)76-15-17-81-82-18-16-77-54(73)61-38-21-43(79-28(3)46(38)68)80-40-23-55(74,41(66)26-65)22-30-19-35-36(20-34(30)40)48(70)44-33(47(35)69)7-6-8-39(44)75-5/h6-12,19-20,24,27-28,37-38,40,43,46,65,68,74H,13-18,21-23,25-26H2,1-5H3,(H,60,71)(H,61,73)(H4,56,57,58,62,63)/t28-,37+,38+,40-,43-,46+,55-/m0/s1. The number of hydrogen-bond donors (Lipinski definition) is 7. The van der Waals surface area contributed by atoms with Gasteiger partial charge in [-0.15, -0.1) is 0 Å². The number of aliphatic hydroxyl groups excluding tert-OH is 2. The van der Waals surface area contributed by atoms with Crippen molar-refractivity contribution in [2.45, 2.75) is 108 Å². The molecular weight excluding hydrogens is 1110 g/mol. The number of carbonyl (C=O) groups is 7. The molecule has 3 aromatic carbocycles. The molecule has 0 spiro atoms. The Labute approximate surface area is 478 Å². The van der Waals surface area contributed by atoms with Crippen LogP contribution in [0.2, 0.25) is 0 Å². The van der Waals surface area contributed by atoms with Crippen LogP contribution in [0.1, 0.15) is 112 Å². The Morgan fingerprint density at radius 3 is 2.38 bits per heavy atom. The molecule has 25 nitrogen and oxygen atoms in total. The molecule has 436 valence electrons. The topological polar surface area (TPSA) is 366 Å². The molecule has 1 fully saturated rings. The van der Waals surface area contributed by atoms with Crippen LogP contribution in [0.4, 0.5) is 22.2 Å². The summed E-state index contributed by atoms with van der Waals surface area (Å²) in [7, 11) is 5.93. The van der Waals surface area contributed by atoms with Gasteiger partial charge in [0.2, 0.25) is 5.95 Å². The van der Waals surface area contributed by atoms with E-state index in [4.69, 9.17) is 39.9 Å². The third kappa shape index (κ3) is 14.2. The van der Waals surface area contributed by atoms with Crippen molar-refractivity contribution in [3.8, 4) is 5.75 Å². The number of benzene rings is 3. The number of aliphatic hydroxyl groups is 3. The number of nitrogens with two attached hydrogens (primary N) is 2. The molecule has 3 heterocycles. The summed E-state index contributed by atoms with van der Waals surface area (Å²) in [5.74, 6) is -2.60. The van der Waals surface area contributed by atoms with Crippen molar-refractivity contribution in [2.24, 2.45) is 0 Å². The number of anilines is 3. The van der Waals surface area contributed by atoms with Crippen LogP contribution < -0.4 is 31.7 Å². The lowest BCUT2D eigenvalue weighted by Crippen LogP contribution is -2.56. The Morgan fingerprint density at radius 1 is 0.951 bits per heavy atom. The van der Waals surface area contributed by atoms with Crippen molar-refractivity contribution < 1.29 is 77.3 Å². The molecule has 3 aliphatic rings. The lowest BCUT2D eigenvalue weighted by Gasteiger charge is -2.42. The van der Waals surface area contributed by atoms with Crippen molar-refractivity contribution >= 4 is 91.5 Å². The van der Waals surface area contributed by atoms with Gasteiger partial charge in [-0.05, 0) is 80.8 Å². The summed E-state index contributed by atoms with van der Waals surface area (Å²) in [6.07, 6.45) is -5.06. The van der Waals surface area contributed by atoms with Crippen molar-refractivity contribution in [1.29, 1.82) is 0 Å². The molecule has 0 bridgehead atoms. The maximum Gasteiger partial charge on any atom is 0.407 e. The van der Waals surface area contributed by atoms with E-state index >= 15 is 0 Å². The average Bonchev–Trinajstić information content (AvgIpc) is 1.50. The number of methoxy groups -OCH3 is 1. The van der Waals surface area contributed by atoms with Crippen LogP contribution in [-0.2, 0) is 51.0 Å². The second-order valence-corrected chi connectivity index (χ2v) is 22.7. The minimum absolute atomic E-state index is 0.00703. The Balaban J connectivity index is 0.761. The van der Waals surface area contributed by atoms with Gasteiger partial charge in [-0.25, -0.2) is 19.6 Å². The molecule has 2 aromatic heterocycles. The number of amides is 2. The average molecular weight is 1170 g/mol. The van der Waals surface area contributed by atoms with Crippen molar-refractivity contribution in [1.82, 2.24) is 30.6 Å². The van der Waals surface area contributed by atoms with Gasteiger partial charge in [0.05, 0.1) is 55.5 Å². The number of alkyl carbamates (subject to hydrolysis) is 1. The molecule has 7 atom stereocenters. The van der Waals surface area contributed by atoms with Gasteiger partial charge in [0, 0.05) is 72.2 Å². The maximum atomic E-state index is 13.9. The number of aromatic nitrogens is 4. The molecule has 0 radical (unpaired) electrons. The minimum Gasteiger partial charge on any atom is -0.496 e. The van der Waals surface area contributed by atoms with E-state index in [1.54, 1.807) is 63.4 Å². The number of nitrogens with zero attached hydrogens (tertiary/aromatic N) is 5. The van der Waals surface area contributed by atoms with E-state index in [-0.39, 0.29) is 96.3 Å². The largest absolute Gasteiger partial charge is 0.496 e. The lowest BCUT2D eigenvalue weighted by atomic mass is 9.73. The first-order valence-electron chi connectivity index (χ1n) is 26.2. The second kappa shape index (κ2) is 26.6. The summed E-state index contributed by atoms with van der Waals surface area (Å²) >= 11 is 0. The van der Waals surface area contributed by atoms with Crippen LogP contribution in [0.15, 0.2) is 60.8 Å². The smallest absolute Gasteiger partial charge is 0.407 e. The van der Waals surface area contributed by atoms with Crippen molar-refractivity contribution in [2.75, 3.05) is 61.9 Å². The number of ketones is 3. The van der Waals surface area contributed by atoms with Crippen molar-refractivity contribution in [3.63, 3.8) is 0 Å². The predicted molar refractivity (Wildman–Crippen MR) is 299 cm³/mol. The molecule has 0 unspecified atom stereocenters. The fraction of sp³-hybridized carbons (Fsp3) is 0.436. The number of rotatable bonds is 23. The van der Waals surface area contributed by atoms with Gasteiger partial charge in [-0.3, -0.25) is 24.0 Å². The lowest BCUT2D eigenvalue weighted by molar-refractivity contribution is -0.249. The number of nitrogen functional groups attached to an aromatic ring is 2. The third-order valence-corrected chi connectivity index (χ3v) is 16.1. The van der Waals surface area contributed by atoms with Gasteiger partial charge in [-0.2, -0.15) is 9.97 Å². The van der Waals surface area contributed by atoms with E-state index in [0.29, 0.717) is 40.4 Å². The molecule has 27 heteroatoms. The Kier molecular flexibility index (Phi) is 19.6. The normalized spacial score (nSPS) is 20.4. The molecule has 2 aliphatic carbocycles. The van der Waals surface area contributed by atoms with Crippen LogP contribution in [0.5, 0.6) is 5.75 Å². The first-order chi connectivity index (χ1) is 39.2. The summed E-state index contributed by atoms with van der Waals surface area (Å²) in [6, 6.07) is 12.2. The highest BCUT2D eigenvalue weighted by molar-refractivity contribution is 8.76. The first kappa shape index (κ1) is 60.6. The number of Topliss-reactive ketones (excluding diaryl/α,β-unsaturated/α-hetero) is 1. The molecule has 1 saturated heterocycles. The summed E-state index contributed by atoms with van der Waals surface area (Å²) in [5.41, 5.74) is 12.8. The summed E-state index contributed by atoms with van der Waals surface area (Å²) < 4.78 is 33.9. The second-order valence-electron chi connectivity index (χ2n) is 20.0. The minimum atomic E-state index is -2.11. The Bertz CT molecular complexity index is 3250. The van der Waals surface area contributed by atoms with Gasteiger partial charge >= 0.3 is 18.0 Å². The zero-order valence-corrected chi connectivity index (χ0v) is 47.1. The van der Waals surface area contributed by atoms with E-state index in [9.17, 15) is 48.9 Å². The van der Waals surface area contributed by atoms with E-state index in [1.165, 1.54) is 46.9 Å². The number of ether oxygens (including phenoxy) is 6. The monoisotopic (exact) mass is 1170 g/mol. The number of esters is 2. The van der Waals surface area contributed by atoms with Crippen LogP contribution in [0.25, 0.3) is 11.2 Å². The molecular formula is C55H63N9O16S2. The fourth-order valence-corrected chi connectivity index (χ4v) is 11.4. The molecule has 8 rings (SSSR count). The third-order valence-electron chi connectivity index (χ3n) is 13.8. The summed E-state index contributed by atoms with van der Waals surface area (Å²) in [5, 5.41) is 37.8.